The van der Waals surface area contributed by atoms with Gasteiger partial charge in [0.25, 0.3) is 11.6 Å². The Morgan fingerprint density at radius 1 is 1.17 bits per heavy atom. The van der Waals surface area contributed by atoms with Gasteiger partial charge < -0.3 is 10.1 Å². The molecule has 2 aromatic carbocycles. The van der Waals surface area contributed by atoms with Crippen LogP contribution in [0.5, 0.6) is 5.75 Å². The number of aryl methyl sites for hydroxylation is 1. The molecule has 0 aromatic heterocycles. The zero-order valence-corrected chi connectivity index (χ0v) is 17.6. The number of carbonyl (C=O) groups excluding carboxylic acids is 2. The van der Waals surface area contributed by atoms with Crippen LogP contribution < -0.4 is 15.5 Å². The maximum atomic E-state index is 12.1. The van der Waals surface area contributed by atoms with Gasteiger partial charge in [0.15, 0.2) is 6.61 Å². The van der Waals surface area contributed by atoms with Gasteiger partial charge in [-0.3, -0.25) is 19.7 Å². The molecule has 0 aliphatic carbocycles. The van der Waals surface area contributed by atoms with Gasteiger partial charge in [-0.25, -0.2) is 5.43 Å². The van der Waals surface area contributed by atoms with Gasteiger partial charge in [0.05, 0.1) is 11.3 Å². The first-order chi connectivity index (χ1) is 14.2. The number of nitro benzene ring substituents is 1. The van der Waals surface area contributed by atoms with E-state index in [0.29, 0.717) is 16.5 Å². The van der Waals surface area contributed by atoms with Crippen LogP contribution in [-0.4, -0.2) is 29.1 Å². The smallest absolute Gasteiger partial charge is 0.289 e. The van der Waals surface area contributed by atoms with Gasteiger partial charge in [0, 0.05) is 22.5 Å². The second-order valence-electron chi connectivity index (χ2n) is 6.23. The standard InChI is InChI=1S/C19H18Cl2N4O5/c1-11-7-13(20)3-6-17(11)30-10-19(27)24-23-12(2)8-18(26)22-14-4-5-15(21)16(9-14)25(28)29/h3-7,9H,8,10H2,1-2H3,(H,22,26)(H,24,27). The molecule has 0 aliphatic heterocycles. The van der Waals surface area contributed by atoms with Crippen molar-refractivity contribution in [3.63, 3.8) is 0 Å². The van der Waals surface area contributed by atoms with E-state index in [4.69, 9.17) is 27.9 Å². The minimum atomic E-state index is -0.645. The number of hydrogen-bond acceptors (Lipinski definition) is 6. The lowest BCUT2D eigenvalue weighted by atomic mass is 10.2. The Kier molecular flexibility index (Phi) is 8.14. The first kappa shape index (κ1) is 23.1. The molecule has 158 valence electrons. The molecule has 2 N–H and O–H groups in total. The molecule has 0 spiro atoms. The molecule has 0 fully saturated rings. The summed E-state index contributed by atoms with van der Waals surface area (Å²) in [7, 11) is 0. The van der Waals surface area contributed by atoms with Gasteiger partial charge in [-0.2, -0.15) is 5.10 Å². The van der Waals surface area contributed by atoms with Crippen LogP contribution in [0.1, 0.15) is 18.9 Å². The molecule has 2 rings (SSSR count). The van der Waals surface area contributed by atoms with Crippen LogP contribution in [0.25, 0.3) is 0 Å². The summed E-state index contributed by atoms with van der Waals surface area (Å²) in [6.07, 6.45) is -0.131. The summed E-state index contributed by atoms with van der Waals surface area (Å²) in [6, 6.07) is 8.94. The van der Waals surface area contributed by atoms with E-state index < -0.39 is 16.7 Å². The van der Waals surface area contributed by atoms with Crippen molar-refractivity contribution in [3.8, 4) is 5.75 Å². The van der Waals surface area contributed by atoms with E-state index in [9.17, 15) is 19.7 Å². The van der Waals surface area contributed by atoms with Gasteiger partial charge in [0.1, 0.15) is 10.8 Å². The number of amides is 2. The van der Waals surface area contributed by atoms with Crippen molar-refractivity contribution in [3.05, 3.63) is 62.1 Å². The fraction of sp³-hybridized carbons (Fsp3) is 0.211. The van der Waals surface area contributed by atoms with Crippen LogP contribution >= 0.6 is 23.2 Å². The maximum absolute atomic E-state index is 12.1. The highest BCUT2D eigenvalue weighted by Gasteiger charge is 2.14. The highest BCUT2D eigenvalue weighted by molar-refractivity contribution is 6.32. The summed E-state index contributed by atoms with van der Waals surface area (Å²) in [4.78, 5) is 34.2. The van der Waals surface area contributed by atoms with E-state index in [1.165, 1.54) is 12.1 Å². The summed E-state index contributed by atoms with van der Waals surface area (Å²) < 4.78 is 5.40. The number of rotatable bonds is 8. The number of anilines is 1. The van der Waals surface area contributed by atoms with E-state index in [1.54, 1.807) is 32.0 Å². The number of hydrazone groups is 1. The molecule has 30 heavy (non-hydrogen) atoms. The van der Waals surface area contributed by atoms with Crippen LogP contribution in [0.3, 0.4) is 0 Å². The molecule has 0 saturated carbocycles. The average molecular weight is 453 g/mol. The Balaban J connectivity index is 1.84. The predicted octanol–water partition coefficient (Wildman–Crippen LogP) is 4.11. The molecule has 0 aliphatic rings. The number of carbonyl (C=O) groups is 2. The van der Waals surface area contributed by atoms with E-state index >= 15 is 0 Å². The third-order valence-corrected chi connectivity index (χ3v) is 4.26. The summed E-state index contributed by atoms with van der Waals surface area (Å²) in [6.45, 7) is 3.09. The predicted molar refractivity (Wildman–Crippen MR) is 114 cm³/mol. The van der Waals surface area contributed by atoms with Gasteiger partial charge in [-0.1, -0.05) is 23.2 Å². The molecule has 0 atom stereocenters. The van der Waals surface area contributed by atoms with Crippen LogP contribution in [0, 0.1) is 17.0 Å². The first-order valence-corrected chi connectivity index (χ1v) is 9.36. The van der Waals surface area contributed by atoms with Crippen molar-refractivity contribution < 1.29 is 19.2 Å². The van der Waals surface area contributed by atoms with Gasteiger partial charge >= 0.3 is 0 Å². The number of halogens is 2. The van der Waals surface area contributed by atoms with Crippen LogP contribution in [0.4, 0.5) is 11.4 Å². The summed E-state index contributed by atoms with van der Waals surface area (Å²) in [5, 5.41) is 17.8. The molecule has 0 bridgehead atoms. The topological polar surface area (TPSA) is 123 Å². The van der Waals surface area contributed by atoms with Gasteiger partial charge in [0.2, 0.25) is 5.91 Å². The van der Waals surface area contributed by atoms with Crippen molar-refractivity contribution in [2.75, 3.05) is 11.9 Å². The van der Waals surface area contributed by atoms with Crippen molar-refractivity contribution in [2.24, 2.45) is 5.10 Å². The quantitative estimate of drug-likeness (QED) is 0.354. The van der Waals surface area contributed by atoms with E-state index in [2.05, 4.69) is 15.8 Å². The Hall–Kier alpha value is -3.17. The zero-order valence-electron chi connectivity index (χ0n) is 16.1. The second kappa shape index (κ2) is 10.6. The Labute approximate surface area is 182 Å². The summed E-state index contributed by atoms with van der Waals surface area (Å²) in [5.41, 5.74) is 3.31. The molecule has 0 unspecified atom stereocenters. The molecule has 0 radical (unpaired) electrons. The zero-order chi connectivity index (χ0) is 22.3. The Morgan fingerprint density at radius 2 is 1.90 bits per heavy atom. The molecule has 0 saturated heterocycles. The summed E-state index contributed by atoms with van der Waals surface area (Å²) in [5.74, 6) is -0.445. The van der Waals surface area contributed by atoms with Gasteiger partial charge in [-0.05, 0) is 49.7 Å². The molecular formula is C19H18Cl2N4O5. The van der Waals surface area contributed by atoms with Crippen molar-refractivity contribution >= 4 is 52.1 Å². The normalized spacial score (nSPS) is 11.0. The Morgan fingerprint density at radius 3 is 2.57 bits per heavy atom. The molecule has 11 heteroatoms. The first-order valence-electron chi connectivity index (χ1n) is 8.60. The third kappa shape index (κ3) is 7.02. The molecule has 2 aromatic rings. The minimum absolute atomic E-state index is 0.0329. The van der Waals surface area contributed by atoms with Crippen molar-refractivity contribution in [1.29, 1.82) is 0 Å². The number of hydrogen-bond donors (Lipinski definition) is 2. The van der Waals surface area contributed by atoms with E-state index in [0.717, 1.165) is 11.6 Å². The molecule has 2 amide bonds. The van der Waals surface area contributed by atoms with Crippen LogP contribution in [0.2, 0.25) is 10.0 Å². The second-order valence-corrected chi connectivity index (χ2v) is 7.07. The molecule has 0 heterocycles. The number of nitrogens with one attached hydrogen (secondary N) is 2. The van der Waals surface area contributed by atoms with Crippen LogP contribution in [-0.2, 0) is 9.59 Å². The molecule has 9 nitrogen and oxygen atoms in total. The van der Waals surface area contributed by atoms with Crippen molar-refractivity contribution in [2.45, 2.75) is 20.3 Å². The highest BCUT2D eigenvalue weighted by Crippen LogP contribution is 2.27. The number of nitrogens with zero attached hydrogens (tertiary/aromatic N) is 2. The van der Waals surface area contributed by atoms with E-state index in [1.807, 2.05) is 0 Å². The SMILES string of the molecule is CC(CC(=O)Nc1ccc(Cl)c([N+](=O)[O-])c1)=NNC(=O)COc1ccc(Cl)cc1C. The lowest BCUT2D eigenvalue weighted by Gasteiger charge is -2.09. The largest absolute Gasteiger partial charge is 0.483 e. The summed E-state index contributed by atoms with van der Waals surface area (Å²) >= 11 is 11.6. The fourth-order valence-corrected chi connectivity index (χ4v) is 2.73. The maximum Gasteiger partial charge on any atom is 0.289 e. The van der Waals surface area contributed by atoms with E-state index in [-0.39, 0.29) is 29.4 Å². The monoisotopic (exact) mass is 452 g/mol. The number of ether oxygens (including phenoxy) is 1. The highest BCUT2D eigenvalue weighted by atomic mass is 35.5. The average Bonchev–Trinajstić information content (AvgIpc) is 2.67. The lowest BCUT2D eigenvalue weighted by Crippen LogP contribution is -2.26. The van der Waals surface area contributed by atoms with Gasteiger partial charge in [-0.15, -0.1) is 0 Å². The minimum Gasteiger partial charge on any atom is -0.483 e. The number of benzene rings is 2. The fourth-order valence-electron chi connectivity index (χ4n) is 2.32. The molecular weight excluding hydrogens is 435 g/mol. The van der Waals surface area contributed by atoms with Crippen LogP contribution in [0.15, 0.2) is 41.5 Å². The number of nitro groups is 1. The van der Waals surface area contributed by atoms with Crippen molar-refractivity contribution in [1.82, 2.24) is 5.43 Å². The Bertz CT molecular complexity index is 1010. The third-order valence-electron chi connectivity index (χ3n) is 3.71. The lowest BCUT2D eigenvalue weighted by molar-refractivity contribution is -0.384.